The average molecular weight is 379 g/mol. The molecule has 2 heterocycles. The molecule has 1 unspecified atom stereocenters. The number of nitrogens with two attached hydrogens (primary N) is 1. The van der Waals surface area contributed by atoms with Crippen molar-refractivity contribution < 1.29 is 22.8 Å². The molecule has 1 atom stereocenters. The summed E-state index contributed by atoms with van der Waals surface area (Å²) in [5.74, 6) is -1.84. The topological polar surface area (TPSA) is 85.4 Å². The maximum absolute atomic E-state index is 13.3. The van der Waals surface area contributed by atoms with E-state index in [1.807, 2.05) is 12.1 Å². The monoisotopic (exact) mass is 379 g/mol. The summed E-state index contributed by atoms with van der Waals surface area (Å²) in [6.45, 7) is 0.915. The van der Waals surface area contributed by atoms with E-state index >= 15 is 0 Å². The predicted molar refractivity (Wildman–Crippen MR) is 91.3 cm³/mol. The van der Waals surface area contributed by atoms with Crippen LogP contribution in [0.5, 0.6) is 0 Å². The number of hydrogen-bond acceptors (Lipinski definition) is 3. The Morgan fingerprint density at radius 2 is 1.85 bits per heavy atom. The lowest BCUT2D eigenvalue weighted by Gasteiger charge is -2.24. The van der Waals surface area contributed by atoms with Crippen molar-refractivity contribution in [3.8, 4) is 0 Å². The van der Waals surface area contributed by atoms with Gasteiger partial charge in [0.15, 0.2) is 0 Å². The van der Waals surface area contributed by atoms with Crippen molar-refractivity contribution in [2.24, 2.45) is 5.73 Å². The van der Waals surface area contributed by atoms with Crippen LogP contribution in [-0.2, 0) is 23.9 Å². The van der Waals surface area contributed by atoms with Gasteiger partial charge in [-0.25, -0.2) is 0 Å². The number of benzene rings is 1. The lowest BCUT2D eigenvalue weighted by atomic mass is 10.1. The second-order valence-electron chi connectivity index (χ2n) is 6.33. The number of rotatable bonds is 3. The summed E-state index contributed by atoms with van der Waals surface area (Å²) in [5.41, 5.74) is 3.38. The van der Waals surface area contributed by atoms with Gasteiger partial charge in [-0.1, -0.05) is 18.2 Å². The molecule has 0 saturated heterocycles. The van der Waals surface area contributed by atoms with Crippen molar-refractivity contribution in [1.82, 2.24) is 4.57 Å². The Labute approximate surface area is 152 Å². The number of fused-ring (bicyclic) bond motifs is 1. The van der Waals surface area contributed by atoms with Crippen molar-refractivity contribution in [3.05, 3.63) is 63.6 Å². The van der Waals surface area contributed by atoms with E-state index in [0.29, 0.717) is 18.2 Å². The number of hydrogen-bond donors (Lipinski definition) is 1. The summed E-state index contributed by atoms with van der Waals surface area (Å²) in [6.07, 6.45) is -4.31. The number of halogens is 3. The number of primary amides is 1. The first-order chi connectivity index (χ1) is 12.6. The summed E-state index contributed by atoms with van der Waals surface area (Å²) in [6, 6.07) is 8.10. The Morgan fingerprint density at radius 3 is 2.48 bits per heavy atom. The van der Waals surface area contributed by atoms with Crippen LogP contribution in [0, 0.1) is 0 Å². The van der Waals surface area contributed by atoms with Gasteiger partial charge in [0.2, 0.25) is 5.91 Å². The first-order valence-electron chi connectivity index (χ1n) is 8.12. The second kappa shape index (κ2) is 6.57. The predicted octanol–water partition coefficient (Wildman–Crippen LogP) is 1.94. The summed E-state index contributed by atoms with van der Waals surface area (Å²) in [5, 5.41) is 0. The quantitative estimate of drug-likeness (QED) is 0.885. The van der Waals surface area contributed by atoms with Crippen LogP contribution in [0.15, 0.2) is 41.2 Å². The van der Waals surface area contributed by atoms with Crippen LogP contribution in [0.1, 0.15) is 28.5 Å². The summed E-state index contributed by atoms with van der Waals surface area (Å²) < 4.78 is 40.2. The van der Waals surface area contributed by atoms with E-state index < -0.39 is 41.4 Å². The van der Waals surface area contributed by atoms with E-state index in [1.165, 1.54) is 4.90 Å². The van der Waals surface area contributed by atoms with Gasteiger partial charge < -0.3 is 10.6 Å². The van der Waals surface area contributed by atoms with Gasteiger partial charge >= 0.3 is 6.18 Å². The fourth-order valence-corrected chi connectivity index (χ4v) is 3.33. The lowest BCUT2D eigenvalue weighted by molar-refractivity contribution is -0.144. The Balaban J connectivity index is 2.05. The van der Waals surface area contributed by atoms with Crippen LogP contribution in [0.4, 0.5) is 18.9 Å². The van der Waals surface area contributed by atoms with E-state index in [-0.39, 0.29) is 10.6 Å². The number of amides is 2. The number of pyridine rings is 1. The number of alkyl halides is 3. The molecular weight excluding hydrogens is 363 g/mol. The van der Waals surface area contributed by atoms with Crippen molar-refractivity contribution >= 4 is 17.5 Å². The molecule has 0 spiro atoms. The van der Waals surface area contributed by atoms with Gasteiger partial charge in [0.05, 0.1) is 0 Å². The molecule has 142 valence electrons. The van der Waals surface area contributed by atoms with Gasteiger partial charge in [-0.15, -0.1) is 0 Å². The molecule has 2 aromatic rings. The zero-order chi connectivity index (χ0) is 19.9. The van der Waals surface area contributed by atoms with Crippen LogP contribution in [0.2, 0.25) is 0 Å². The fourth-order valence-electron chi connectivity index (χ4n) is 3.33. The number of aromatic nitrogens is 1. The van der Waals surface area contributed by atoms with Crippen LogP contribution in [0.25, 0.3) is 0 Å². The standard InChI is InChI=1S/C18H16F3N3O3/c1-10-8-11-4-2-3-5-13(11)24(10)15(25)9-23-14(18(19,20)21)7-6-12(16(22)26)17(23)27/h2-7,10H,8-9H2,1H3,(H2,22,26). The van der Waals surface area contributed by atoms with Gasteiger partial charge in [-0.3, -0.25) is 19.0 Å². The molecule has 1 aromatic carbocycles. The Morgan fingerprint density at radius 1 is 1.19 bits per heavy atom. The molecule has 0 aliphatic carbocycles. The van der Waals surface area contributed by atoms with Crippen LogP contribution in [0.3, 0.4) is 0 Å². The smallest absolute Gasteiger partial charge is 0.365 e. The number of anilines is 1. The van der Waals surface area contributed by atoms with Gasteiger partial charge in [0.25, 0.3) is 11.5 Å². The first-order valence-corrected chi connectivity index (χ1v) is 8.12. The third kappa shape index (κ3) is 3.32. The largest absolute Gasteiger partial charge is 0.431 e. The van der Waals surface area contributed by atoms with E-state index in [4.69, 9.17) is 5.73 Å². The Kier molecular flexibility index (Phi) is 4.54. The van der Waals surface area contributed by atoms with Gasteiger partial charge in [0.1, 0.15) is 17.8 Å². The second-order valence-corrected chi connectivity index (χ2v) is 6.33. The highest BCUT2D eigenvalue weighted by atomic mass is 19.4. The molecule has 1 aromatic heterocycles. The molecule has 2 amide bonds. The molecule has 1 aliphatic rings. The van der Waals surface area contributed by atoms with E-state index in [0.717, 1.165) is 11.6 Å². The molecule has 27 heavy (non-hydrogen) atoms. The molecule has 0 bridgehead atoms. The fraction of sp³-hybridized carbons (Fsp3) is 0.278. The Hall–Kier alpha value is -3.10. The molecule has 0 fully saturated rings. The average Bonchev–Trinajstić information content (AvgIpc) is 2.90. The van der Waals surface area contributed by atoms with E-state index in [9.17, 15) is 27.6 Å². The molecule has 1 aliphatic heterocycles. The SMILES string of the molecule is CC1Cc2ccccc2N1C(=O)Cn1c(C(F)(F)F)ccc(C(N)=O)c1=O. The summed E-state index contributed by atoms with van der Waals surface area (Å²) in [4.78, 5) is 37.8. The molecule has 9 heteroatoms. The lowest BCUT2D eigenvalue weighted by Crippen LogP contribution is -2.42. The van der Waals surface area contributed by atoms with Crippen LogP contribution >= 0.6 is 0 Å². The highest BCUT2D eigenvalue weighted by Gasteiger charge is 2.37. The highest BCUT2D eigenvalue weighted by Crippen LogP contribution is 2.33. The van der Waals surface area contributed by atoms with Crippen LogP contribution in [-0.4, -0.2) is 22.4 Å². The number of para-hydroxylation sites is 1. The molecule has 0 radical (unpaired) electrons. The van der Waals surface area contributed by atoms with E-state index in [2.05, 4.69) is 0 Å². The normalized spacial score (nSPS) is 16.3. The minimum atomic E-state index is -4.87. The first kappa shape index (κ1) is 18.7. The zero-order valence-electron chi connectivity index (χ0n) is 14.3. The van der Waals surface area contributed by atoms with Gasteiger partial charge in [-0.2, -0.15) is 13.2 Å². The summed E-state index contributed by atoms with van der Waals surface area (Å²) in [7, 11) is 0. The third-order valence-corrected chi connectivity index (χ3v) is 4.50. The molecular formula is C18H16F3N3O3. The van der Waals surface area contributed by atoms with Crippen molar-refractivity contribution in [2.45, 2.75) is 32.1 Å². The minimum absolute atomic E-state index is 0.260. The third-order valence-electron chi connectivity index (χ3n) is 4.50. The number of carbonyl (C=O) groups excluding carboxylic acids is 2. The van der Waals surface area contributed by atoms with Crippen molar-refractivity contribution in [1.29, 1.82) is 0 Å². The number of carbonyl (C=O) groups is 2. The molecule has 6 nitrogen and oxygen atoms in total. The van der Waals surface area contributed by atoms with Gasteiger partial charge in [-0.05, 0) is 37.1 Å². The van der Waals surface area contributed by atoms with Crippen molar-refractivity contribution in [2.75, 3.05) is 4.90 Å². The zero-order valence-corrected chi connectivity index (χ0v) is 14.3. The van der Waals surface area contributed by atoms with Crippen LogP contribution < -0.4 is 16.2 Å². The maximum atomic E-state index is 13.3. The highest BCUT2D eigenvalue weighted by molar-refractivity contribution is 5.96. The summed E-state index contributed by atoms with van der Waals surface area (Å²) >= 11 is 0. The Bertz CT molecular complexity index is 982. The van der Waals surface area contributed by atoms with E-state index in [1.54, 1.807) is 19.1 Å². The van der Waals surface area contributed by atoms with Gasteiger partial charge in [0, 0.05) is 11.7 Å². The van der Waals surface area contributed by atoms with Crippen molar-refractivity contribution in [3.63, 3.8) is 0 Å². The number of nitrogens with zero attached hydrogens (tertiary/aromatic N) is 2. The molecule has 2 N–H and O–H groups in total. The minimum Gasteiger partial charge on any atom is -0.365 e. The maximum Gasteiger partial charge on any atom is 0.431 e. The molecule has 0 saturated carbocycles. The molecule has 3 rings (SSSR count).